The number of aryl methyl sites for hydroxylation is 1. The third-order valence-corrected chi connectivity index (χ3v) is 2.27. The van der Waals surface area contributed by atoms with Crippen molar-refractivity contribution in [2.45, 2.75) is 26.7 Å². The van der Waals surface area contributed by atoms with E-state index in [0.29, 0.717) is 5.56 Å². The van der Waals surface area contributed by atoms with Crippen LogP contribution < -0.4 is 5.73 Å². The van der Waals surface area contributed by atoms with Gasteiger partial charge in [0.05, 0.1) is 0 Å². The van der Waals surface area contributed by atoms with E-state index in [4.69, 9.17) is 5.73 Å². The Morgan fingerprint density at radius 3 is 2.46 bits per heavy atom. The quantitative estimate of drug-likeness (QED) is 0.753. The van der Waals surface area contributed by atoms with Crippen LogP contribution in [0.1, 0.15) is 35.3 Å². The fourth-order valence-corrected chi connectivity index (χ4v) is 1.61. The lowest BCUT2D eigenvalue weighted by Crippen LogP contribution is -2.14. The third kappa shape index (κ3) is 1.89. The molecule has 0 aliphatic rings. The molecule has 1 aromatic carbocycles. The number of carbonyl (C=O) groups is 1. The van der Waals surface area contributed by atoms with Crippen LogP contribution in [0.3, 0.4) is 0 Å². The molecule has 0 spiro atoms. The highest BCUT2D eigenvalue weighted by Gasteiger charge is 2.08. The number of benzene rings is 1. The lowest BCUT2D eigenvalue weighted by atomic mass is 9.97. The zero-order valence-corrected chi connectivity index (χ0v) is 8.13. The molecule has 1 aromatic rings. The summed E-state index contributed by atoms with van der Waals surface area (Å²) in [5, 5.41) is 0. The Hall–Kier alpha value is -1.31. The summed E-state index contributed by atoms with van der Waals surface area (Å²) in [5.74, 6) is -0.327. The summed E-state index contributed by atoms with van der Waals surface area (Å²) in [5.41, 5.74) is 8.26. The molecule has 0 bridgehead atoms. The standard InChI is InChI=1S/C11H15NO/c1-3-8-6-5-7-10(11(12)13)9(8)4-2/h5-7H,3-4H2,1-2H3,(H2,12,13). The fraction of sp³-hybridized carbons (Fsp3) is 0.364. The number of hydrogen-bond acceptors (Lipinski definition) is 1. The molecule has 0 aliphatic carbocycles. The summed E-state index contributed by atoms with van der Waals surface area (Å²) >= 11 is 0. The van der Waals surface area contributed by atoms with Gasteiger partial charge in [-0.3, -0.25) is 4.79 Å². The Morgan fingerprint density at radius 1 is 1.31 bits per heavy atom. The van der Waals surface area contributed by atoms with Crippen LogP contribution in [0.15, 0.2) is 18.2 Å². The predicted octanol–water partition coefficient (Wildman–Crippen LogP) is 1.91. The summed E-state index contributed by atoms with van der Waals surface area (Å²) < 4.78 is 0. The van der Waals surface area contributed by atoms with Gasteiger partial charge in [-0.15, -0.1) is 0 Å². The van der Waals surface area contributed by atoms with Crippen LogP contribution in [-0.2, 0) is 12.8 Å². The molecule has 0 aliphatic heterocycles. The van der Waals surface area contributed by atoms with Crippen molar-refractivity contribution in [1.29, 1.82) is 0 Å². The van der Waals surface area contributed by atoms with Crippen molar-refractivity contribution in [3.8, 4) is 0 Å². The molecule has 2 heteroatoms. The van der Waals surface area contributed by atoms with Gasteiger partial charge in [0.2, 0.25) is 5.91 Å². The van der Waals surface area contributed by atoms with Gasteiger partial charge in [0, 0.05) is 5.56 Å². The third-order valence-electron chi connectivity index (χ3n) is 2.27. The molecule has 2 nitrogen and oxygen atoms in total. The first-order valence-electron chi connectivity index (χ1n) is 4.61. The maximum Gasteiger partial charge on any atom is 0.248 e. The monoisotopic (exact) mass is 177 g/mol. The Bertz CT molecular complexity index is 318. The van der Waals surface area contributed by atoms with Crippen LogP contribution in [0.4, 0.5) is 0 Å². The summed E-state index contributed by atoms with van der Waals surface area (Å²) in [7, 11) is 0. The van der Waals surface area contributed by atoms with E-state index in [2.05, 4.69) is 6.92 Å². The van der Waals surface area contributed by atoms with Crippen molar-refractivity contribution in [1.82, 2.24) is 0 Å². The fourth-order valence-electron chi connectivity index (χ4n) is 1.61. The first-order valence-corrected chi connectivity index (χ1v) is 4.61. The zero-order valence-electron chi connectivity index (χ0n) is 8.13. The van der Waals surface area contributed by atoms with E-state index < -0.39 is 0 Å². The summed E-state index contributed by atoms with van der Waals surface area (Å²) in [4.78, 5) is 11.1. The van der Waals surface area contributed by atoms with Gasteiger partial charge in [-0.2, -0.15) is 0 Å². The smallest absolute Gasteiger partial charge is 0.248 e. The average Bonchev–Trinajstić information content (AvgIpc) is 2.16. The molecule has 0 fully saturated rings. The first-order chi connectivity index (χ1) is 6.20. The number of amides is 1. The molecule has 13 heavy (non-hydrogen) atoms. The highest BCUT2D eigenvalue weighted by molar-refractivity contribution is 5.94. The van der Waals surface area contributed by atoms with E-state index in [9.17, 15) is 4.79 Å². The van der Waals surface area contributed by atoms with Crippen LogP contribution in [0.5, 0.6) is 0 Å². The Balaban J connectivity index is 3.27. The second-order valence-electron chi connectivity index (χ2n) is 3.01. The van der Waals surface area contributed by atoms with Gasteiger partial charge < -0.3 is 5.73 Å². The van der Waals surface area contributed by atoms with Crippen molar-refractivity contribution >= 4 is 5.91 Å². The summed E-state index contributed by atoms with van der Waals surface area (Å²) in [6.07, 6.45) is 1.81. The normalized spacial score (nSPS) is 10.0. The molecule has 0 saturated heterocycles. The topological polar surface area (TPSA) is 43.1 Å². The van der Waals surface area contributed by atoms with E-state index in [0.717, 1.165) is 18.4 Å². The number of primary amides is 1. The molecule has 0 saturated carbocycles. The molecule has 2 N–H and O–H groups in total. The molecule has 0 heterocycles. The number of hydrogen-bond donors (Lipinski definition) is 1. The molecule has 0 atom stereocenters. The van der Waals surface area contributed by atoms with Gasteiger partial charge in [-0.1, -0.05) is 26.0 Å². The van der Waals surface area contributed by atoms with E-state index in [1.165, 1.54) is 5.56 Å². The molecular formula is C11H15NO. The lowest BCUT2D eigenvalue weighted by molar-refractivity contribution is 0.0999. The number of nitrogens with two attached hydrogens (primary N) is 1. The summed E-state index contributed by atoms with van der Waals surface area (Å²) in [6.45, 7) is 4.13. The van der Waals surface area contributed by atoms with Gasteiger partial charge in [0.15, 0.2) is 0 Å². The minimum Gasteiger partial charge on any atom is -0.366 e. The van der Waals surface area contributed by atoms with Gasteiger partial charge in [-0.25, -0.2) is 0 Å². The van der Waals surface area contributed by atoms with Crippen molar-refractivity contribution in [2.75, 3.05) is 0 Å². The molecule has 0 radical (unpaired) electrons. The van der Waals surface area contributed by atoms with E-state index >= 15 is 0 Å². The number of rotatable bonds is 3. The van der Waals surface area contributed by atoms with Crippen molar-refractivity contribution in [3.05, 3.63) is 34.9 Å². The van der Waals surface area contributed by atoms with Gasteiger partial charge in [0.25, 0.3) is 0 Å². The van der Waals surface area contributed by atoms with Crippen molar-refractivity contribution in [2.24, 2.45) is 5.73 Å². The van der Waals surface area contributed by atoms with E-state index in [1.54, 1.807) is 6.07 Å². The van der Waals surface area contributed by atoms with Gasteiger partial charge in [-0.05, 0) is 30.0 Å². The van der Waals surface area contributed by atoms with Gasteiger partial charge >= 0.3 is 0 Å². The van der Waals surface area contributed by atoms with Crippen molar-refractivity contribution < 1.29 is 4.79 Å². The highest BCUT2D eigenvalue weighted by atomic mass is 16.1. The Morgan fingerprint density at radius 2 is 2.00 bits per heavy atom. The average molecular weight is 177 g/mol. The zero-order chi connectivity index (χ0) is 9.84. The largest absolute Gasteiger partial charge is 0.366 e. The van der Waals surface area contributed by atoms with Crippen LogP contribution in [-0.4, -0.2) is 5.91 Å². The predicted molar refractivity (Wildman–Crippen MR) is 53.7 cm³/mol. The Labute approximate surface area is 78.8 Å². The van der Waals surface area contributed by atoms with E-state index in [1.807, 2.05) is 19.1 Å². The van der Waals surface area contributed by atoms with Crippen LogP contribution in [0.2, 0.25) is 0 Å². The van der Waals surface area contributed by atoms with Crippen LogP contribution in [0, 0.1) is 0 Å². The molecule has 0 unspecified atom stereocenters. The van der Waals surface area contributed by atoms with Gasteiger partial charge in [0.1, 0.15) is 0 Å². The first kappa shape index (κ1) is 9.78. The summed E-state index contributed by atoms with van der Waals surface area (Å²) in [6, 6.07) is 5.73. The SMILES string of the molecule is CCc1cccc(C(N)=O)c1CC. The minimum atomic E-state index is -0.327. The van der Waals surface area contributed by atoms with E-state index in [-0.39, 0.29) is 5.91 Å². The molecular weight excluding hydrogens is 162 g/mol. The van der Waals surface area contributed by atoms with Crippen LogP contribution in [0.25, 0.3) is 0 Å². The second-order valence-corrected chi connectivity index (χ2v) is 3.01. The maximum atomic E-state index is 11.1. The van der Waals surface area contributed by atoms with Crippen molar-refractivity contribution in [3.63, 3.8) is 0 Å². The molecule has 1 rings (SSSR count). The second kappa shape index (κ2) is 4.08. The Kier molecular flexibility index (Phi) is 3.07. The number of carbonyl (C=O) groups excluding carboxylic acids is 1. The molecule has 0 aromatic heterocycles. The lowest BCUT2D eigenvalue weighted by Gasteiger charge is -2.09. The highest BCUT2D eigenvalue weighted by Crippen LogP contribution is 2.15. The molecule has 70 valence electrons. The maximum absolute atomic E-state index is 11.1. The van der Waals surface area contributed by atoms with Crippen LogP contribution >= 0.6 is 0 Å². The molecule has 1 amide bonds. The minimum absolute atomic E-state index is 0.327.